The summed E-state index contributed by atoms with van der Waals surface area (Å²) in [5.74, 6) is 0.873. The van der Waals surface area contributed by atoms with Crippen LogP contribution in [0.5, 0.6) is 11.5 Å². The van der Waals surface area contributed by atoms with E-state index in [1.165, 1.54) is 12.8 Å². The molecule has 3 rings (SSSR count). The summed E-state index contributed by atoms with van der Waals surface area (Å²) in [6, 6.07) is 14.3. The van der Waals surface area contributed by atoms with Crippen molar-refractivity contribution in [1.29, 1.82) is 0 Å². The number of unbranched alkanes of at least 4 members (excludes halogenated alkanes) is 1. The topological polar surface area (TPSA) is 67.9 Å². The minimum Gasteiger partial charge on any atom is -0.494 e. The highest BCUT2D eigenvalue weighted by Gasteiger charge is 2.18. The van der Waals surface area contributed by atoms with E-state index in [2.05, 4.69) is 12.2 Å². The zero-order valence-electron chi connectivity index (χ0n) is 18.3. The van der Waals surface area contributed by atoms with Crippen LogP contribution in [0.15, 0.2) is 48.5 Å². The molecule has 1 fully saturated rings. The molecule has 0 saturated carbocycles. The fourth-order valence-corrected chi connectivity index (χ4v) is 3.50. The number of para-hydroxylation sites is 1. The number of amides is 2. The Morgan fingerprint density at radius 2 is 1.65 bits per heavy atom. The number of carbonyl (C=O) groups is 2. The first kappa shape index (κ1) is 22.7. The molecule has 6 nitrogen and oxygen atoms in total. The highest BCUT2D eigenvalue weighted by atomic mass is 16.5. The first-order chi connectivity index (χ1) is 15.2. The minimum absolute atomic E-state index is 0.0317. The van der Waals surface area contributed by atoms with Crippen LogP contribution in [-0.4, -0.2) is 43.0 Å². The smallest absolute Gasteiger partial charge is 0.260 e. The maximum Gasteiger partial charge on any atom is 0.260 e. The molecule has 0 atom stereocenters. The molecule has 0 unspecified atom stereocenters. The summed E-state index contributed by atoms with van der Waals surface area (Å²) in [4.78, 5) is 27.2. The van der Waals surface area contributed by atoms with E-state index in [1.807, 2.05) is 29.2 Å². The van der Waals surface area contributed by atoms with Gasteiger partial charge in [-0.25, -0.2) is 0 Å². The average molecular weight is 425 g/mol. The molecule has 1 aliphatic rings. The van der Waals surface area contributed by atoms with Gasteiger partial charge in [0.1, 0.15) is 11.5 Å². The van der Waals surface area contributed by atoms with Gasteiger partial charge in [-0.3, -0.25) is 9.59 Å². The summed E-state index contributed by atoms with van der Waals surface area (Å²) in [5, 5.41) is 2.88. The van der Waals surface area contributed by atoms with E-state index in [-0.39, 0.29) is 18.4 Å². The van der Waals surface area contributed by atoms with Crippen LogP contribution < -0.4 is 14.8 Å². The van der Waals surface area contributed by atoms with Crippen molar-refractivity contribution < 1.29 is 19.1 Å². The van der Waals surface area contributed by atoms with E-state index in [9.17, 15) is 9.59 Å². The number of hydrogen-bond acceptors (Lipinski definition) is 4. The lowest BCUT2D eigenvalue weighted by atomic mass is 10.2. The van der Waals surface area contributed by atoms with Gasteiger partial charge in [-0.2, -0.15) is 0 Å². The molecule has 0 bridgehead atoms. The van der Waals surface area contributed by atoms with Crippen molar-refractivity contribution in [3.63, 3.8) is 0 Å². The second kappa shape index (κ2) is 12.0. The van der Waals surface area contributed by atoms with Crippen molar-refractivity contribution in [3.05, 3.63) is 54.1 Å². The van der Waals surface area contributed by atoms with Gasteiger partial charge in [-0.05, 0) is 55.7 Å². The molecule has 0 radical (unpaired) electrons. The molecule has 1 saturated heterocycles. The zero-order valence-corrected chi connectivity index (χ0v) is 18.3. The van der Waals surface area contributed by atoms with Crippen molar-refractivity contribution in [2.75, 3.05) is 31.6 Å². The molecule has 0 aliphatic carbocycles. The van der Waals surface area contributed by atoms with Crippen LogP contribution in [0.4, 0.5) is 5.69 Å². The van der Waals surface area contributed by atoms with E-state index in [4.69, 9.17) is 9.47 Å². The summed E-state index contributed by atoms with van der Waals surface area (Å²) in [6.07, 6.45) is 6.49. The molecule has 6 heteroatoms. The summed E-state index contributed by atoms with van der Waals surface area (Å²) < 4.78 is 11.4. The van der Waals surface area contributed by atoms with Gasteiger partial charge in [0.05, 0.1) is 12.2 Å². The van der Waals surface area contributed by atoms with Crippen LogP contribution in [0.3, 0.4) is 0 Å². The van der Waals surface area contributed by atoms with Crippen LogP contribution in [0, 0.1) is 0 Å². The SMILES string of the molecule is CCCCOc1ccc(NC(=O)c2ccccc2OCC(=O)N2CCCCCC2)cc1. The molecule has 1 N–H and O–H groups in total. The average Bonchev–Trinajstić information content (AvgIpc) is 3.09. The van der Waals surface area contributed by atoms with Gasteiger partial charge in [-0.1, -0.05) is 38.3 Å². The molecule has 1 heterocycles. The second-order valence-electron chi connectivity index (χ2n) is 7.76. The standard InChI is InChI=1S/C25H32N2O4/c1-2-3-18-30-21-14-12-20(13-15-21)26-25(29)22-10-6-7-11-23(22)31-19-24(28)27-16-8-4-5-9-17-27/h6-7,10-15H,2-5,8-9,16-19H2,1H3,(H,26,29). The fraction of sp³-hybridized carbons (Fsp3) is 0.440. The van der Waals surface area contributed by atoms with Crippen LogP contribution in [0.2, 0.25) is 0 Å². The number of benzene rings is 2. The number of anilines is 1. The number of carbonyl (C=O) groups excluding carboxylic acids is 2. The Morgan fingerprint density at radius 1 is 0.935 bits per heavy atom. The third-order valence-corrected chi connectivity index (χ3v) is 5.32. The number of hydrogen-bond donors (Lipinski definition) is 1. The lowest BCUT2D eigenvalue weighted by Gasteiger charge is -2.20. The number of nitrogens with one attached hydrogen (secondary N) is 1. The molecular formula is C25H32N2O4. The largest absolute Gasteiger partial charge is 0.494 e. The van der Waals surface area contributed by atoms with Gasteiger partial charge in [0.15, 0.2) is 6.61 Å². The van der Waals surface area contributed by atoms with Crippen molar-refractivity contribution >= 4 is 17.5 Å². The third kappa shape index (κ3) is 7.02. The lowest BCUT2D eigenvalue weighted by molar-refractivity contribution is -0.133. The van der Waals surface area contributed by atoms with Crippen molar-refractivity contribution in [2.45, 2.75) is 45.4 Å². The monoisotopic (exact) mass is 424 g/mol. The molecule has 166 valence electrons. The Bertz CT molecular complexity index is 843. The van der Waals surface area contributed by atoms with Crippen molar-refractivity contribution in [3.8, 4) is 11.5 Å². The number of nitrogens with zero attached hydrogens (tertiary/aromatic N) is 1. The fourth-order valence-electron chi connectivity index (χ4n) is 3.50. The predicted molar refractivity (Wildman–Crippen MR) is 122 cm³/mol. The highest BCUT2D eigenvalue weighted by Crippen LogP contribution is 2.22. The summed E-state index contributed by atoms with van der Waals surface area (Å²) in [7, 11) is 0. The summed E-state index contributed by atoms with van der Waals surface area (Å²) in [5.41, 5.74) is 1.07. The molecule has 0 aromatic heterocycles. The minimum atomic E-state index is -0.280. The Kier molecular flexibility index (Phi) is 8.76. The molecular weight excluding hydrogens is 392 g/mol. The van der Waals surface area contributed by atoms with Crippen LogP contribution >= 0.6 is 0 Å². The molecule has 0 spiro atoms. The van der Waals surface area contributed by atoms with E-state index < -0.39 is 0 Å². The van der Waals surface area contributed by atoms with Crippen LogP contribution in [0.25, 0.3) is 0 Å². The normalized spacial score (nSPS) is 13.9. The Labute approximate surface area is 184 Å². The Balaban J connectivity index is 1.57. The number of rotatable bonds is 9. The number of likely N-dealkylation sites (tertiary alicyclic amines) is 1. The first-order valence-corrected chi connectivity index (χ1v) is 11.2. The maximum absolute atomic E-state index is 12.8. The second-order valence-corrected chi connectivity index (χ2v) is 7.76. The maximum atomic E-state index is 12.8. The highest BCUT2D eigenvalue weighted by molar-refractivity contribution is 6.06. The summed E-state index contributed by atoms with van der Waals surface area (Å²) in [6.45, 7) is 4.30. The molecule has 1 aliphatic heterocycles. The van der Waals surface area contributed by atoms with E-state index in [0.29, 0.717) is 23.6 Å². The van der Waals surface area contributed by atoms with E-state index >= 15 is 0 Å². The Morgan fingerprint density at radius 3 is 2.35 bits per heavy atom. The van der Waals surface area contributed by atoms with Gasteiger partial charge in [-0.15, -0.1) is 0 Å². The van der Waals surface area contributed by atoms with Gasteiger partial charge in [0, 0.05) is 18.8 Å². The summed E-state index contributed by atoms with van der Waals surface area (Å²) >= 11 is 0. The quantitative estimate of drug-likeness (QED) is 0.582. The number of ether oxygens (including phenoxy) is 2. The van der Waals surface area contributed by atoms with Crippen LogP contribution in [0.1, 0.15) is 55.8 Å². The van der Waals surface area contributed by atoms with Crippen LogP contribution in [-0.2, 0) is 4.79 Å². The molecule has 2 amide bonds. The predicted octanol–water partition coefficient (Wildman–Crippen LogP) is 4.90. The van der Waals surface area contributed by atoms with E-state index in [0.717, 1.165) is 44.5 Å². The first-order valence-electron chi connectivity index (χ1n) is 11.2. The molecule has 2 aromatic carbocycles. The van der Waals surface area contributed by atoms with Gasteiger partial charge >= 0.3 is 0 Å². The van der Waals surface area contributed by atoms with Crippen molar-refractivity contribution in [1.82, 2.24) is 4.90 Å². The molecule has 2 aromatic rings. The van der Waals surface area contributed by atoms with E-state index in [1.54, 1.807) is 24.3 Å². The van der Waals surface area contributed by atoms with Gasteiger partial charge < -0.3 is 19.7 Å². The third-order valence-electron chi connectivity index (χ3n) is 5.32. The zero-order chi connectivity index (χ0) is 21.9. The Hall–Kier alpha value is -3.02. The molecule has 31 heavy (non-hydrogen) atoms. The lowest BCUT2D eigenvalue weighted by Crippen LogP contribution is -2.35. The van der Waals surface area contributed by atoms with Gasteiger partial charge in [0.25, 0.3) is 11.8 Å². The van der Waals surface area contributed by atoms with Gasteiger partial charge in [0.2, 0.25) is 0 Å². The van der Waals surface area contributed by atoms with Crippen molar-refractivity contribution in [2.24, 2.45) is 0 Å².